The Kier molecular flexibility index (Phi) is 3.87. The van der Waals surface area contributed by atoms with Crippen molar-refractivity contribution in [3.63, 3.8) is 0 Å². The second-order valence-electron chi connectivity index (χ2n) is 5.44. The fraction of sp³-hybridized carbons (Fsp3) is 0.692. The van der Waals surface area contributed by atoms with Crippen LogP contribution in [-0.2, 0) is 0 Å². The maximum absolute atomic E-state index is 11.2. The Morgan fingerprint density at radius 3 is 2.67 bits per heavy atom. The highest BCUT2D eigenvalue weighted by molar-refractivity contribution is 5.59. The van der Waals surface area contributed by atoms with Gasteiger partial charge in [-0.2, -0.15) is 4.98 Å². The molecular formula is C13H20N6O2. The van der Waals surface area contributed by atoms with Gasteiger partial charge in [-0.1, -0.05) is 0 Å². The maximum atomic E-state index is 11.2. The molecule has 0 bridgehead atoms. The highest BCUT2D eigenvalue weighted by Crippen LogP contribution is 2.30. The molecule has 0 spiro atoms. The van der Waals surface area contributed by atoms with E-state index in [1.54, 1.807) is 0 Å². The minimum atomic E-state index is -0.404. The summed E-state index contributed by atoms with van der Waals surface area (Å²) < 4.78 is 0. The number of nitrogens with one attached hydrogen (secondary N) is 1. The van der Waals surface area contributed by atoms with Gasteiger partial charge in [0.25, 0.3) is 0 Å². The SMILES string of the molecule is CCNc1ncc([N+](=O)[O-])c(N2CCN(C3CC3)CC2)n1. The van der Waals surface area contributed by atoms with E-state index in [0.717, 1.165) is 32.2 Å². The lowest BCUT2D eigenvalue weighted by atomic mass is 10.3. The summed E-state index contributed by atoms with van der Waals surface area (Å²) >= 11 is 0. The Morgan fingerprint density at radius 2 is 2.10 bits per heavy atom. The summed E-state index contributed by atoms with van der Waals surface area (Å²) in [6.45, 7) is 6.08. The lowest BCUT2D eigenvalue weighted by Gasteiger charge is -2.35. The predicted octanol–water partition coefficient (Wildman–Crippen LogP) is 1.10. The van der Waals surface area contributed by atoms with Gasteiger partial charge >= 0.3 is 5.69 Å². The van der Waals surface area contributed by atoms with Crippen LogP contribution in [0.25, 0.3) is 0 Å². The second kappa shape index (κ2) is 5.80. The smallest absolute Gasteiger partial charge is 0.329 e. The average Bonchev–Trinajstić information content (AvgIpc) is 3.32. The zero-order valence-corrected chi connectivity index (χ0v) is 12.2. The van der Waals surface area contributed by atoms with E-state index in [-0.39, 0.29) is 5.69 Å². The minimum Gasteiger partial charge on any atom is -0.354 e. The number of hydrogen-bond acceptors (Lipinski definition) is 7. The third-order valence-electron chi connectivity index (χ3n) is 3.96. The first-order chi connectivity index (χ1) is 10.2. The number of aromatic nitrogens is 2. The molecule has 0 amide bonds. The van der Waals surface area contributed by atoms with E-state index in [2.05, 4.69) is 20.2 Å². The Labute approximate surface area is 123 Å². The zero-order chi connectivity index (χ0) is 14.8. The van der Waals surface area contributed by atoms with Crippen molar-refractivity contribution in [2.75, 3.05) is 42.9 Å². The first-order valence-corrected chi connectivity index (χ1v) is 7.43. The molecule has 2 aliphatic rings. The first-order valence-electron chi connectivity index (χ1n) is 7.43. The van der Waals surface area contributed by atoms with Gasteiger partial charge in [-0.05, 0) is 19.8 Å². The number of rotatable bonds is 5. The number of nitro groups is 1. The Hall–Kier alpha value is -1.96. The summed E-state index contributed by atoms with van der Waals surface area (Å²) in [5, 5.41) is 14.2. The largest absolute Gasteiger partial charge is 0.354 e. The molecule has 1 aliphatic heterocycles. The Balaban J connectivity index is 1.78. The standard InChI is InChI=1S/C13H20N6O2/c1-2-14-13-15-9-11(19(20)21)12(16-13)18-7-5-17(6-8-18)10-3-4-10/h9-10H,2-8H2,1H3,(H,14,15,16). The monoisotopic (exact) mass is 292 g/mol. The predicted molar refractivity (Wildman–Crippen MR) is 79.7 cm³/mol. The van der Waals surface area contributed by atoms with Crippen LogP contribution in [0.1, 0.15) is 19.8 Å². The zero-order valence-electron chi connectivity index (χ0n) is 12.2. The molecule has 1 aromatic heterocycles. The summed E-state index contributed by atoms with van der Waals surface area (Å²) in [7, 11) is 0. The molecule has 3 rings (SSSR count). The molecule has 0 unspecified atom stereocenters. The molecule has 0 atom stereocenters. The Morgan fingerprint density at radius 1 is 1.38 bits per heavy atom. The van der Waals surface area contributed by atoms with Crippen LogP contribution < -0.4 is 10.2 Å². The lowest BCUT2D eigenvalue weighted by Crippen LogP contribution is -2.47. The van der Waals surface area contributed by atoms with Crippen LogP contribution in [0, 0.1) is 10.1 Å². The molecular weight excluding hydrogens is 272 g/mol. The van der Waals surface area contributed by atoms with Gasteiger partial charge in [0.2, 0.25) is 11.8 Å². The summed E-state index contributed by atoms with van der Waals surface area (Å²) in [6.07, 6.45) is 3.88. The van der Waals surface area contributed by atoms with E-state index in [1.165, 1.54) is 19.0 Å². The van der Waals surface area contributed by atoms with Gasteiger partial charge < -0.3 is 10.2 Å². The van der Waals surface area contributed by atoms with Crippen LogP contribution in [0.2, 0.25) is 0 Å². The molecule has 8 nitrogen and oxygen atoms in total. The van der Waals surface area contributed by atoms with Crippen molar-refractivity contribution in [1.29, 1.82) is 0 Å². The molecule has 114 valence electrons. The number of hydrogen-bond donors (Lipinski definition) is 1. The van der Waals surface area contributed by atoms with Crippen molar-refractivity contribution in [3.8, 4) is 0 Å². The number of piperazine rings is 1. The quantitative estimate of drug-likeness (QED) is 0.642. The molecule has 1 saturated heterocycles. The van der Waals surface area contributed by atoms with Gasteiger partial charge in [0.15, 0.2) is 0 Å². The van der Waals surface area contributed by atoms with Crippen molar-refractivity contribution in [2.24, 2.45) is 0 Å². The highest BCUT2D eigenvalue weighted by Gasteiger charge is 2.33. The van der Waals surface area contributed by atoms with Crippen LogP contribution >= 0.6 is 0 Å². The fourth-order valence-corrected chi connectivity index (χ4v) is 2.71. The summed E-state index contributed by atoms with van der Waals surface area (Å²) in [5.74, 6) is 0.879. The third-order valence-corrected chi connectivity index (χ3v) is 3.96. The maximum Gasteiger partial charge on any atom is 0.329 e. The van der Waals surface area contributed by atoms with E-state index in [4.69, 9.17) is 0 Å². The molecule has 1 aromatic rings. The van der Waals surface area contributed by atoms with Crippen molar-refractivity contribution >= 4 is 17.5 Å². The van der Waals surface area contributed by atoms with Gasteiger partial charge in [-0.3, -0.25) is 15.0 Å². The Bertz CT molecular complexity index is 525. The highest BCUT2D eigenvalue weighted by atomic mass is 16.6. The van der Waals surface area contributed by atoms with E-state index >= 15 is 0 Å². The van der Waals surface area contributed by atoms with Gasteiger partial charge in [0.1, 0.15) is 6.20 Å². The molecule has 1 aliphatic carbocycles. The van der Waals surface area contributed by atoms with Crippen LogP contribution in [0.3, 0.4) is 0 Å². The first kappa shape index (κ1) is 14.0. The third kappa shape index (κ3) is 3.05. The number of anilines is 2. The molecule has 0 radical (unpaired) electrons. The molecule has 21 heavy (non-hydrogen) atoms. The summed E-state index contributed by atoms with van der Waals surface area (Å²) in [4.78, 5) is 23.6. The minimum absolute atomic E-state index is 0.0171. The average molecular weight is 292 g/mol. The van der Waals surface area contributed by atoms with E-state index in [0.29, 0.717) is 18.3 Å². The van der Waals surface area contributed by atoms with Crippen LogP contribution in [0.4, 0.5) is 17.5 Å². The van der Waals surface area contributed by atoms with Crippen molar-refractivity contribution in [2.45, 2.75) is 25.8 Å². The topological polar surface area (TPSA) is 87.4 Å². The molecule has 8 heteroatoms. The van der Waals surface area contributed by atoms with Crippen molar-refractivity contribution < 1.29 is 4.92 Å². The van der Waals surface area contributed by atoms with Crippen LogP contribution in [0.5, 0.6) is 0 Å². The normalized spacial score (nSPS) is 19.6. The van der Waals surface area contributed by atoms with Crippen molar-refractivity contribution in [3.05, 3.63) is 16.3 Å². The van der Waals surface area contributed by atoms with Gasteiger partial charge in [0, 0.05) is 38.8 Å². The molecule has 0 aromatic carbocycles. The van der Waals surface area contributed by atoms with Crippen molar-refractivity contribution in [1.82, 2.24) is 14.9 Å². The molecule has 2 heterocycles. The number of nitrogens with zero attached hydrogens (tertiary/aromatic N) is 5. The van der Waals surface area contributed by atoms with Crippen LogP contribution in [0.15, 0.2) is 6.20 Å². The summed E-state index contributed by atoms with van der Waals surface area (Å²) in [6, 6.07) is 0.741. The van der Waals surface area contributed by atoms with E-state index < -0.39 is 4.92 Å². The van der Waals surface area contributed by atoms with Crippen LogP contribution in [-0.4, -0.2) is 58.6 Å². The van der Waals surface area contributed by atoms with E-state index in [1.807, 2.05) is 11.8 Å². The molecule has 1 saturated carbocycles. The van der Waals surface area contributed by atoms with E-state index in [9.17, 15) is 10.1 Å². The van der Waals surface area contributed by atoms with Gasteiger partial charge in [-0.15, -0.1) is 0 Å². The van der Waals surface area contributed by atoms with Gasteiger partial charge in [-0.25, -0.2) is 4.98 Å². The second-order valence-corrected chi connectivity index (χ2v) is 5.44. The molecule has 1 N–H and O–H groups in total. The van der Waals surface area contributed by atoms with Gasteiger partial charge in [0.05, 0.1) is 4.92 Å². The lowest BCUT2D eigenvalue weighted by molar-refractivity contribution is -0.384. The fourth-order valence-electron chi connectivity index (χ4n) is 2.71. The molecule has 2 fully saturated rings. The summed E-state index contributed by atoms with van der Waals surface area (Å²) in [5.41, 5.74) is -0.0171.